The van der Waals surface area contributed by atoms with Crippen molar-refractivity contribution in [2.24, 2.45) is 0 Å². The molecule has 3 rings (SSSR count). The van der Waals surface area contributed by atoms with Gasteiger partial charge in [0.05, 0.1) is 0 Å². The number of nitrogens with one attached hydrogen (secondary N) is 3. The molecular formula is C21H18ClN3O2. The number of halogens is 1. The van der Waals surface area contributed by atoms with Crippen LogP contribution < -0.4 is 16.0 Å². The molecule has 6 heteroatoms. The molecule has 0 spiro atoms. The van der Waals surface area contributed by atoms with Gasteiger partial charge in [0.2, 0.25) is 0 Å². The summed E-state index contributed by atoms with van der Waals surface area (Å²) in [6.07, 6.45) is 0. The van der Waals surface area contributed by atoms with Crippen molar-refractivity contribution in [3.63, 3.8) is 0 Å². The highest BCUT2D eigenvalue weighted by Gasteiger charge is 2.09. The number of benzene rings is 3. The summed E-state index contributed by atoms with van der Waals surface area (Å²) in [5.74, 6) is -0.174. The lowest BCUT2D eigenvalue weighted by Crippen LogP contribution is -2.19. The second kappa shape index (κ2) is 8.38. The normalized spacial score (nSPS) is 10.1. The summed E-state index contributed by atoms with van der Waals surface area (Å²) < 4.78 is 0. The van der Waals surface area contributed by atoms with E-state index < -0.39 is 0 Å². The molecule has 3 aromatic rings. The van der Waals surface area contributed by atoms with Gasteiger partial charge in [-0.1, -0.05) is 35.9 Å². The van der Waals surface area contributed by atoms with Gasteiger partial charge in [-0.2, -0.15) is 0 Å². The minimum atomic E-state index is -0.381. The van der Waals surface area contributed by atoms with Gasteiger partial charge >= 0.3 is 6.03 Å². The van der Waals surface area contributed by atoms with Crippen molar-refractivity contribution in [3.8, 4) is 0 Å². The predicted molar refractivity (Wildman–Crippen MR) is 110 cm³/mol. The molecule has 5 nitrogen and oxygen atoms in total. The monoisotopic (exact) mass is 379 g/mol. The molecule has 0 aliphatic rings. The van der Waals surface area contributed by atoms with Gasteiger partial charge in [-0.15, -0.1) is 0 Å². The lowest BCUT2D eigenvalue weighted by molar-refractivity contribution is 0.102. The summed E-state index contributed by atoms with van der Waals surface area (Å²) >= 11 is 5.90. The van der Waals surface area contributed by atoms with Gasteiger partial charge in [0.1, 0.15) is 0 Å². The summed E-state index contributed by atoms with van der Waals surface area (Å²) in [7, 11) is 0. The first-order valence-electron chi connectivity index (χ1n) is 8.32. The number of urea groups is 1. The topological polar surface area (TPSA) is 70.2 Å². The summed E-state index contributed by atoms with van der Waals surface area (Å²) in [5, 5.41) is 8.81. The molecule has 0 bridgehead atoms. The third-order valence-corrected chi connectivity index (χ3v) is 4.11. The zero-order valence-corrected chi connectivity index (χ0v) is 15.4. The van der Waals surface area contributed by atoms with Gasteiger partial charge in [-0.05, 0) is 61.0 Å². The first-order valence-corrected chi connectivity index (χ1v) is 8.70. The third kappa shape index (κ3) is 5.09. The van der Waals surface area contributed by atoms with Crippen molar-refractivity contribution in [2.45, 2.75) is 6.92 Å². The van der Waals surface area contributed by atoms with Crippen molar-refractivity contribution < 1.29 is 9.59 Å². The molecule has 0 fully saturated rings. The van der Waals surface area contributed by atoms with Crippen LogP contribution in [0.3, 0.4) is 0 Å². The maximum Gasteiger partial charge on any atom is 0.323 e. The second-order valence-electron chi connectivity index (χ2n) is 5.94. The fourth-order valence-electron chi connectivity index (χ4n) is 2.52. The van der Waals surface area contributed by atoms with E-state index in [1.807, 2.05) is 25.1 Å². The summed E-state index contributed by atoms with van der Waals surface area (Å²) in [5.41, 5.74) is 3.38. The maximum absolute atomic E-state index is 12.3. The van der Waals surface area contributed by atoms with Crippen molar-refractivity contribution in [2.75, 3.05) is 16.0 Å². The van der Waals surface area contributed by atoms with E-state index in [-0.39, 0.29) is 11.9 Å². The molecule has 0 heterocycles. The van der Waals surface area contributed by atoms with Crippen molar-refractivity contribution in [1.29, 1.82) is 0 Å². The van der Waals surface area contributed by atoms with Gasteiger partial charge in [-0.25, -0.2) is 4.79 Å². The fraction of sp³-hybridized carbons (Fsp3) is 0.0476. The Labute approximate surface area is 162 Å². The van der Waals surface area contributed by atoms with Crippen LogP contribution in [0.2, 0.25) is 5.02 Å². The zero-order valence-electron chi connectivity index (χ0n) is 14.6. The van der Waals surface area contributed by atoms with Gasteiger partial charge < -0.3 is 16.0 Å². The lowest BCUT2D eigenvalue weighted by atomic mass is 10.1. The molecule has 0 radical (unpaired) electrons. The van der Waals surface area contributed by atoms with E-state index in [1.165, 1.54) is 0 Å². The number of carbonyl (C=O) groups is 2. The largest absolute Gasteiger partial charge is 0.323 e. The van der Waals surface area contributed by atoms with E-state index in [2.05, 4.69) is 16.0 Å². The molecule has 0 atom stereocenters. The van der Waals surface area contributed by atoms with Crippen LogP contribution in [0.1, 0.15) is 15.9 Å². The Morgan fingerprint density at radius 1 is 0.741 bits per heavy atom. The molecule has 3 N–H and O–H groups in total. The summed E-state index contributed by atoms with van der Waals surface area (Å²) in [6.45, 7) is 1.89. The number of amides is 3. The van der Waals surface area contributed by atoms with Gasteiger partial charge in [0, 0.05) is 27.6 Å². The quantitative estimate of drug-likeness (QED) is 0.556. The van der Waals surface area contributed by atoms with Crippen LogP contribution >= 0.6 is 11.6 Å². The van der Waals surface area contributed by atoms with Crippen LogP contribution in [0.25, 0.3) is 0 Å². The van der Waals surface area contributed by atoms with Crippen LogP contribution in [-0.4, -0.2) is 11.9 Å². The van der Waals surface area contributed by atoms with Crippen LogP contribution in [0, 0.1) is 6.92 Å². The third-order valence-electron chi connectivity index (χ3n) is 3.87. The number of rotatable bonds is 4. The van der Waals surface area contributed by atoms with Crippen LogP contribution in [0.15, 0.2) is 72.8 Å². The summed E-state index contributed by atoms with van der Waals surface area (Å²) in [6, 6.07) is 20.8. The minimum Gasteiger partial charge on any atom is -0.322 e. The Hall–Kier alpha value is -3.31. The average Bonchev–Trinajstić information content (AvgIpc) is 2.63. The molecule has 0 unspecified atom stereocenters. The second-order valence-corrected chi connectivity index (χ2v) is 6.37. The van der Waals surface area contributed by atoms with E-state index >= 15 is 0 Å². The fourth-order valence-corrected chi connectivity index (χ4v) is 2.71. The van der Waals surface area contributed by atoms with Gasteiger partial charge in [0.15, 0.2) is 0 Å². The molecule has 3 aromatic carbocycles. The van der Waals surface area contributed by atoms with Crippen LogP contribution in [-0.2, 0) is 0 Å². The Balaban J connectivity index is 1.59. The van der Waals surface area contributed by atoms with Gasteiger partial charge in [0.25, 0.3) is 5.91 Å². The Morgan fingerprint density at radius 2 is 1.37 bits per heavy atom. The van der Waals surface area contributed by atoms with Crippen LogP contribution in [0.5, 0.6) is 0 Å². The van der Waals surface area contributed by atoms with E-state index in [9.17, 15) is 9.59 Å². The highest BCUT2D eigenvalue weighted by atomic mass is 35.5. The summed E-state index contributed by atoms with van der Waals surface area (Å²) in [4.78, 5) is 24.4. The molecule has 0 aromatic heterocycles. The molecule has 0 saturated heterocycles. The Morgan fingerprint density at radius 3 is 2.04 bits per heavy atom. The predicted octanol–water partition coefficient (Wildman–Crippen LogP) is 5.54. The number of carbonyl (C=O) groups excluding carboxylic acids is 2. The van der Waals surface area contributed by atoms with Crippen molar-refractivity contribution in [1.82, 2.24) is 0 Å². The SMILES string of the molecule is Cc1ccccc1C(=O)Nc1ccc(NC(=O)Nc2cccc(Cl)c2)cc1. The van der Waals surface area contributed by atoms with E-state index in [1.54, 1.807) is 54.6 Å². The molecule has 0 saturated carbocycles. The molecule has 136 valence electrons. The van der Waals surface area contributed by atoms with Gasteiger partial charge in [-0.3, -0.25) is 4.79 Å². The van der Waals surface area contributed by atoms with Crippen molar-refractivity contribution >= 4 is 40.6 Å². The molecular weight excluding hydrogens is 362 g/mol. The number of hydrogen-bond donors (Lipinski definition) is 3. The van der Waals surface area contributed by atoms with E-state index in [0.717, 1.165) is 5.56 Å². The van der Waals surface area contributed by atoms with E-state index in [4.69, 9.17) is 11.6 Å². The highest BCUT2D eigenvalue weighted by Crippen LogP contribution is 2.18. The molecule has 27 heavy (non-hydrogen) atoms. The van der Waals surface area contributed by atoms with Crippen molar-refractivity contribution in [3.05, 3.63) is 88.9 Å². The molecule has 3 amide bonds. The average molecular weight is 380 g/mol. The smallest absolute Gasteiger partial charge is 0.322 e. The highest BCUT2D eigenvalue weighted by molar-refractivity contribution is 6.30. The van der Waals surface area contributed by atoms with E-state index in [0.29, 0.717) is 27.6 Å². The Kier molecular flexibility index (Phi) is 5.74. The molecule has 0 aliphatic carbocycles. The minimum absolute atomic E-state index is 0.174. The number of anilines is 3. The Bertz CT molecular complexity index is 971. The lowest BCUT2D eigenvalue weighted by Gasteiger charge is -2.10. The first-order chi connectivity index (χ1) is 13.0. The standard InChI is InChI=1S/C21H18ClN3O2/c1-14-5-2-3-8-19(14)20(26)23-16-9-11-17(12-10-16)24-21(27)25-18-7-4-6-15(22)13-18/h2-13H,1H3,(H,23,26)(H2,24,25,27). The number of aryl methyl sites for hydroxylation is 1. The van der Waals surface area contributed by atoms with Crippen LogP contribution in [0.4, 0.5) is 21.9 Å². The first kappa shape index (κ1) is 18.5. The molecule has 0 aliphatic heterocycles. The maximum atomic E-state index is 12.3. The number of hydrogen-bond acceptors (Lipinski definition) is 2. The zero-order chi connectivity index (χ0) is 19.2.